The van der Waals surface area contributed by atoms with Gasteiger partial charge in [-0.25, -0.2) is 22.5 Å². The quantitative estimate of drug-likeness (QED) is 0.425. The zero-order valence-electron chi connectivity index (χ0n) is 22.7. The molecule has 12 heteroatoms. The summed E-state index contributed by atoms with van der Waals surface area (Å²) in [5.41, 5.74) is -0.867. The van der Waals surface area contributed by atoms with Crippen LogP contribution in [0, 0.1) is 23.0 Å². The van der Waals surface area contributed by atoms with Gasteiger partial charge < -0.3 is 5.32 Å². The average Bonchev–Trinajstić information content (AvgIpc) is 3.53. The molecule has 43 heavy (non-hydrogen) atoms. The second-order valence-corrected chi connectivity index (χ2v) is 11.1. The van der Waals surface area contributed by atoms with Crippen LogP contribution in [0.2, 0.25) is 0 Å². The normalized spacial score (nSPS) is 22.4. The summed E-state index contributed by atoms with van der Waals surface area (Å²) < 4.78 is 56.9. The molecule has 0 spiro atoms. The smallest absolute Gasteiger partial charge is 0.252 e. The molecule has 3 amide bonds. The Bertz CT molecular complexity index is 1660. The van der Waals surface area contributed by atoms with Crippen molar-refractivity contribution in [3.63, 3.8) is 0 Å². The Hall–Kier alpha value is -4.79. The monoisotopic (exact) mass is 591 g/mol. The third-order valence-corrected chi connectivity index (χ3v) is 8.35. The predicted molar refractivity (Wildman–Crippen MR) is 146 cm³/mol. The number of nitrogens with one attached hydrogen (secondary N) is 1. The van der Waals surface area contributed by atoms with Gasteiger partial charge in [0.1, 0.15) is 23.5 Å². The van der Waals surface area contributed by atoms with E-state index >= 15 is 0 Å². The van der Waals surface area contributed by atoms with Crippen LogP contribution >= 0.6 is 0 Å². The minimum Gasteiger partial charge on any atom is -0.351 e. The van der Waals surface area contributed by atoms with E-state index in [9.17, 15) is 37.2 Å². The number of carbonyl (C=O) groups is 3. The number of carbonyl (C=O) groups excluding carboxylic acids is 3. The molecule has 3 aliphatic rings. The second-order valence-electron chi connectivity index (χ2n) is 11.1. The number of anilines is 2. The first-order chi connectivity index (χ1) is 20.5. The minimum atomic E-state index is -2.93. The van der Waals surface area contributed by atoms with Gasteiger partial charge in [0.25, 0.3) is 17.7 Å². The summed E-state index contributed by atoms with van der Waals surface area (Å²) in [5, 5.41) is 12.0. The van der Waals surface area contributed by atoms with Crippen LogP contribution in [0.3, 0.4) is 0 Å². The number of hydrogen-bond acceptors (Lipinski definition) is 5. The van der Waals surface area contributed by atoms with Gasteiger partial charge in [-0.05, 0) is 54.7 Å². The lowest BCUT2D eigenvalue weighted by Crippen LogP contribution is -2.64. The average molecular weight is 592 g/mol. The molecule has 1 aliphatic heterocycles. The minimum absolute atomic E-state index is 0.00137. The van der Waals surface area contributed by atoms with Crippen molar-refractivity contribution in [2.45, 2.75) is 62.1 Å². The molecular formula is C31H25F4N5O3. The number of aryl methyl sites for hydroxylation is 1. The van der Waals surface area contributed by atoms with E-state index in [0.717, 1.165) is 21.9 Å². The van der Waals surface area contributed by atoms with Crippen molar-refractivity contribution in [3.05, 3.63) is 89.1 Å². The Balaban J connectivity index is 1.51. The standard InChI is InChI=1S/C31H25F4N5O3/c32-20-12-21(33)14-23(13-20)40(28(42)25-5-6-27(41)39(25)26-11-18(17-36)8-10-37-26)31(9-7-19-3-1-2-4-24(19)31)29(43)38-22-15-30(34,35)16-22/h1-4,8,10-14,22,25H,5-7,9,15-16H2,(H,38,43). The molecule has 1 saturated carbocycles. The molecule has 0 radical (unpaired) electrons. The number of alkyl halides is 2. The van der Waals surface area contributed by atoms with Gasteiger partial charge in [0.15, 0.2) is 5.54 Å². The Morgan fingerprint density at radius 1 is 1.05 bits per heavy atom. The molecule has 2 fully saturated rings. The molecule has 2 unspecified atom stereocenters. The number of benzene rings is 2. The van der Waals surface area contributed by atoms with Gasteiger partial charge in [0.2, 0.25) is 5.91 Å². The highest BCUT2D eigenvalue weighted by Gasteiger charge is 2.57. The summed E-state index contributed by atoms with van der Waals surface area (Å²) >= 11 is 0. The number of fused-ring (bicyclic) bond motifs is 1. The van der Waals surface area contributed by atoms with E-state index in [2.05, 4.69) is 10.3 Å². The Kier molecular flexibility index (Phi) is 6.91. The summed E-state index contributed by atoms with van der Waals surface area (Å²) in [7, 11) is 0. The van der Waals surface area contributed by atoms with Crippen molar-refractivity contribution in [1.82, 2.24) is 10.3 Å². The van der Waals surface area contributed by atoms with E-state index < -0.39 is 65.7 Å². The third-order valence-electron chi connectivity index (χ3n) is 8.35. The summed E-state index contributed by atoms with van der Waals surface area (Å²) in [6.45, 7) is 0. The third kappa shape index (κ3) is 4.88. The number of hydrogen-bond donors (Lipinski definition) is 1. The van der Waals surface area contributed by atoms with E-state index in [0.29, 0.717) is 23.6 Å². The van der Waals surface area contributed by atoms with Gasteiger partial charge >= 0.3 is 0 Å². The van der Waals surface area contributed by atoms with Crippen LogP contribution < -0.4 is 15.1 Å². The highest BCUT2D eigenvalue weighted by atomic mass is 19.3. The molecule has 1 aromatic heterocycles. The molecule has 2 aliphatic carbocycles. The van der Waals surface area contributed by atoms with Gasteiger partial charge in [-0.1, -0.05) is 24.3 Å². The fraction of sp³-hybridized carbons (Fsp3) is 0.323. The van der Waals surface area contributed by atoms with Crippen molar-refractivity contribution in [3.8, 4) is 6.07 Å². The Morgan fingerprint density at radius 2 is 1.77 bits per heavy atom. The lowest BCUT2D eigenvalue weighted by atomic mass is 9.83. The van der Waals surface area contributed by atoms with Crippen molar-refractivity contribution in [1.29, 1.82) is 5.26 Å². The summed E-state index contributed by atoms with van der Waals surface area (Å²) in [4.78, 5) is 48.4. The van der Waals surface area contributed by atoms with Crippen molar-refractivity contribution < 1.29 is 31.9 Å². The van der Waals surface area contributed by atoms with Crippen LogP contribution in [0.4, 0.5) is 29.1 Å². The van der Waals surface area contributed by atoms with Gasteiger partial charge in [0.05, 0.1) is 17.3 Å². The first-order valence-electron chi connectivity index (χ1n) is 13.8. The number of nitrogens with zero attached hydrogens (tertiary/aromatic N) is 4. The zero-order chi connectivity index (χ0) is 30.5. The number of aromatic nitrogens is 1. The first kappa shape index (κ1) is 28.3. The molecule has 2 atom stereocenters. The van der Waals surface area contributed by atoms with Gasteiger partial charge in [-0.2, -0.15) is 5.26 Å². The largest absolute Gasteiger partial charge is 0.351 e. The molecule has 1 N–H and O–H groups in total. The highest BCUT2D eigenvalue weighted by Crippen LogP contribution is 2.47. The lowest BCUT2D eigenvalue weighted by molar-refractivity contribution is -0.137. The molecular weight excluding hydrogens is 566 g/mol. The van der Waals surface area contributed by atoms with Gasteiger partial charge in [0, 0.05) is 37.6 Å². The summed E-state index contributed by atoms with van der Waals surface area (Å²) in [5.74, 6) is -6.95. The lowest BCUT2D eigenvalue weighted by Gasteiger charge is -2.45. The van der Waals surface area contributed by atoms with Crippen LogP contribution in [-0.2, 0) is 26.3 Å². The highest BCUT2D eigenvalue weighted by molar-refractivity contribution is 6.12. The Labute approximate surface area is 243 Å². The van der Waals surface area contributed by atoms with Crippen molar-refractivity contribution >= 4 is 29.2 Å². The first-order valence-corrected chi connectivity index (χ1v) is 13.8. The van der Waals surface area contributed by atoms with E-state index in [1.807, 2.05) is 6.07 Å². The maximum Gasteiger partial charge on any atom is 0.252 e. The molecule has 2 heterocycles. The van der Waals surface area contributed by atoms with Crippen LogP contribution in [0.1, 0.15) is 48.8 Å². The summed E-state index contributed by atoms with van der Waals surface area (Å²) in [6, 6.07) is 11.9. The van der Waals surface area contributed by atoms with Crippen molar-refractivity contribution in [2.75, 3.05) is 9.80 Å². The maximum atomic E-state index is 14.7. The molecule has 8 nitrogen and oxygen atoms in total. The molecule has 2 aromatic carbocycles. The van der Waals surface area contributed by atoms with E-state index in [4.69, 9.17) is 0 Å². The van der Waals surface area contributed by atoms with Crippen molar-refractivity contribution in [2.24, 2.45) is 0 Å². The SMILES string of the molecule is N#Cc1ccnc(N2C(=O)CCC2C(=O)N(c2cc(F)cc(F)c2)C2(C(=O)NC3CC(F)(F)C3)CCc3ccccc32)c1. The number of amides is 3. The molecule has 1 saturated heterocycles. The summed E-state index contributed by atoms with van der Waals surface area (Å²) in [6.07, 6.45) is 0.401. The van der Waals surface area contributed by atoms with E-state index in [-0.39, 0.29) is 36.3 Å². The second kappa shape index (κ2) is 10.5. The predicted octanol–water partition coefficient (Wildman–Crippen LogP) is 4.52. The van der Waals surface area contributed by atoms with Crippen LogP contribution in [0.15, 0.2) is 60.8 Å². The topological polar surface area (TPSA) is 106 Å². The molecule has 0 bridgehead atoms. The molecule has 220 valence electrons. The fourth-order valence-corrected chi connectivity index (χ4v) is 6.41. The van der Waals surface area contributed by atoms with Gasteiger partial charge in [-0.3, -0.25) is 24.2 Å². The number of pyridine rings is 1. The molecule has 3 aromatic rings. The van der Waals surface area contributed by atoms with Crippen LogP contribution in [0.25, 0.3) is 0 Å². The number of rotatable bonds is 6. The molecule has 6 rings (SSSR count). The maximum absolute atomic E-state index is 14.7. The zero-order valence-corrected chi connectivity index (χ0v) is 22.7. The van der Waals surface area contributed by atoms with E-state index in [1.165, 1.54) is 18.3 Å². The fourth-order valence-electron chi connectivity index (χ4n) is 6.41. The Morgan fingerprint density at radius 3 is 2.47 bits per heavy atom. The number of nitriles is 1. The van der Waals surface area contributed by atoms with E-state index in [1.54, 1.807) is 24.3 Å². The number of halogens is 4. The van der Waals surface area contributed by atoms with Gasteiger partial charge in [-0.15, -0.1) is 0 Å². The van der Waals surface area contributed by atoms with Crippen LogP contribution in [-0.4, -0.2) is 40.7 Å². The van der Waals surface area contributed by atoms with Crippen LogP contribution in [0.5, 0.6) is 0 Å².